The van der Waals surface area contributed by atoms with Crippen LogP contribution in [0.1, 0.15) is 37.5 Å². The molecule has 0 fully saturated rings. The van der Waals surface area contributed by atoms with Crippen LogP contribution in [0.5, 0.6) is 5.75 Å². The van der Waals surface area contributed by atoms with Gasteiger partial charge in [-0.2, -0.15) is 0 Å². The Hall–Kier alpha value is -0.800. The summed E-state index contributed by atoms with van der Waals surface area (Å²) >= 11 is 5.60. The second-order valence-corrected chi connectivity index (χ2v) is 6.75. The van der Waals surface area contributed by atoms with E-state index in [2.05, 4.69) is 55.1 Å². The highest BCUT2D eigenvalue weighted by Crippen LogP contribution is 2.43. The van der Waals surface area contributed by atoms with E-state index in [0.717, 1.165) is 5.75 Å². The van der Waals surface area contributed by atoms with Crippen molar-refractivity contribution in [2.24, 2.45) is 0 Å². The van der Waals surface area contributed by atoms with Crippen molar-refractivity contribution in [3.63, 3.8) is 0 Å². The van der Waals surface area contributed by atoms with Gasteiger partial charge in [-0.25, -0.2) is 0 Å². The number of thiophene rings is 1. The maximum Gasteiger partial charge on any atom is 0.134 e. The number of aryl methyl sites for hydroxylation is 2. The molecule has 1 aromatic carbocycles. The molecule has 102 valence electrons. The molecule has 1 atom stereocenters. The number of benzene rings is 1. The third-order valence-corrected chi connectivity index (χ3v) is 5.97. The second kappa shape index (κ2) is 5.68. The van der Waals surface area contributed by atoms with E-state index in [4.69, 9.17) is 4.74 Å². The van der Waals surface area contributed by atoms with Crippen molar-refractivity contribution in [2.45, 2.75) is 32.5 Å². The third-order valence-electron chi connectivity index (χ3n) is 3.78. The van der Waals surface area contributed by atoms with Crippen LogP contribution in [0.3, 0.4) is 0 Å². The highest BCUT2D eigenvalue weighted by Gasteiger charge is 2.21. The molecule has 0 radical (unpaired) electrons. The summed E-state index contributed by atoms with van der Waals surface area (Å²) in [6.45, 7) is 8.75. The van der Waals surface area contributed by atoms with Crippen LogP contribution in [0.2, 0.25) is 0 Å². The largest absolute Gasteiger partial charge is 0.496 e. The van der Waals surface area contributed by atoms with Gasteiger partial charge in [-0.1, -0.05) is 22.0 Å². The third kappa shape index (κ3) is 2.59. The van der Waals surface area contributed by atoms with Crippen molar-refractivity contribution >= 4 is 27.3 Å². The molecule has 2 rings (SSSR count). The number of hydrogen-bond donors (Lipinski definition) is 0. The minimum Gasteiger partial charge on any atom is -0.496 e. The van der Waals surface area contributed by atoms with Gasteiger partial charge in [0.15, 0.2) is 0 Å². The first-order valence-corrected chi connectivity index (χ1v) is 8.09. The Morgan fingerprint density at radius 2 is 1.68 bits per heavy atom. The Labute approximate surface area is 127 Å². The average molecular weight is 339 g/mol. The topological polar surface area (TPSA) is 9.23 Å². The normalized spacial score (nSPS) is 12.5. The molecule has 19 heavy (non-hydrogen) atoms. The Bertz CT molecular complexity index is 575. The summed E-state index contributed by atoms with van der Waals surface area (Å²) in [5.74, 6) is 0.963. The maximum absolute atomic E-state index is 5.45. The summed E-state index contributed by atoms with van der Waals surface area (Å²) in [6.07, 6.45) is 0. The summed E-state index contributed by atoms with van der Waals surface area (Å²) in [6, 6.07) is 4.29. The first-order chi connectivity index (χ1) is 8.97. The summed E-state index contributed by atoms with van der Waals surface area (Å²) < 4.78 is 5.45. The van der Waals surface area contributed by atoms with Gasteiger partial charge in [0.05, 0.1) is 16.8 Å². The summed E-state index contributed by atoms with van der Waals surface area (Å²) in [7, 11) is 1.73. The van der Waals surface area contributed by atoms with Crippen LogP contribution in [-0.2, 0) is 0 Å². The van der Waals surface area contributed by atoms with Crippen molar-refractivity contribution < 1.29 is 4.74 Å². The van der Waals surface area contributed by atoms with E-state index in [1.54, 1.807) is 18.4 Å². The molecule has 0 bridgehead atoms. The predicted molar refractivity (Wildman–Crippen MR) is 87.0 cm³/mol. The Morgan fingerprint density at radius 1 is 1.11 bits per heavy atom. The summed E-state index contributed by atoms with van der Waals surface area (Å²) in [4.78, 5) is 1.43. The van der Waals surface area contributed by atoms with E-state index in [1.807, 2.05) is 6.07 Å². The van der Waals surface area contributed by atoms with E-state index >= 15 is 0 Å². The van der Waals surface area contributed by atoms with E-state index in [-0.39, 0.29) is 4.83 Å². The Morgan fingerprint density at radius 3 is 2.21 bits per heavy atom. The number of halogens is 1. The summed E-state index contributed by atoms with van der Waals surface area (Å²) in [5.41, 5.74) is 6.79. The van der Waals surface area contributed by atoms with Crippen molar-refractivity contribution in [2.75, 3.05) is 7.11 Å². The van der Waals surface area contributed by atoms with E-state index in [9.17, 15) is 0 Å². The lowest BCUT2D eigenvalue weighted by atomic mass is 9.92. The quantitative estimate of drug-likeness (QED) is 0.673. The van der Waals surface area contributed by atoms with Gasteiger partial charge in [0, 0.05) is 0 Å². The van der Waals surface area contributed by atoms with Crippen LogP contribution in [0.25, 0.3) is 0 Å². The molecule has 0 aliphatic carbocycles. The smallest absolute Gasteiger partial charge is 0.134 e. The summed E-state index contributed by atoms with van der Waals surface area (Å²) in [5, 5.41) is 2.08. The van der Waals surface area contributed by atoms with E-state index in [1.165, 1.54) is 32.7 Å². The fourth-order valence-electron chi connectivity index (χ4n) is 2.42. The lowest BCUT2D eigenvalue weighted by Gasteiger charge is -2.20. The van der Waals surface area contributed by atoms with Crippen molar-refractivity contribution in [3.8, 4) is 5.75 Å². The fraction of sp³-hybridized carbons (Fsp3) is 0.375. The van der Waals surface area contributed by atoms with Crippen molar-refractivity contribution in [3.05, 3.63) is 50.2 Å². The van der Waals surface area contributed by atoms with Crippen molar-refractivity contribution in [1.29, 1.82) is 0 Å². The number of ether oxygens (including phenoxy) is 1. The highest BCUT2D eigenvalue weighted by atomic mass is 79.9. The van der Waals surface area contributed by atoms with E-state index < -0.39 is 0 Å². The lowest BCUT2D eigenvalue weighted by molar-refractivity contribution is 0.413. The minimum absolute atomic E-state index is 0.195. The number of hydrogen-bond acceptors (Lipinski definition) is 2. The van der Waals surface area contributed by atoms with Crippen LogP contribution in [0.4, 0.5) is 0 Å². The molecule has 3 heteroatoms. The van der Waals surface area contributed by atoms with Gasteiger partial charge in [-0.05, 0) is 67.0 Å². The van der Waals surface area contributed by atoms with Gasteiger partial charge in [0.25, 0.3) is 0 Å². The molecule has 2 aromatic rings. The zero-order chi connectivity index (χ0) is 14.2. The zero-order valence-electron chi connectivity index (χ0n) is 12.0. The molecular weight excluding hydrogens is 320 g/mol. The molecular formula is C16H19BrOS. The van der Waals surface area contributed by atoms with Gasteiger partial charge in [-0.15, -0.1) is 11.3 Å². The first-order valence-electron chi connectivity index (χ1n) is 6.30. The molecule has 0 aliphatic heterocycles. The van der Waals surface area contributed by atoms with Crippen LogP contribution in [-0.4, -0.2) is 7.11 Å². The van der Waals surface area contributed by atoms with Gasteiger partial charge >= 0.3 is 0 Å². The van der Waals surface area contributed by atoms with Gasteiger partial charge in [-0.3, -0.25) is 0 Å². The number of rotatable bonds is 3. The second-order valence-electron chi connectivity index (χ2n) is 4.89. The molecule has 0 saturated carbocycles. The molecule has 0 spiro atoms. The minimum atomic E-state index is 0.195. The van der Waals surface area contributed by atoms with Gasteiger partial charge in [0.1, 0.15) is 5.75 Å². The Kier molecular flexibility index (Phi) is 4.36. The van der Waals surface area contributed by atoms with Crippen LogP contribution < -0.4 is 4.74 Å². The number of methoxy groups -OCH3 is 1. The van der Waals surface area contributed by atoms with Crippen LogP contribution in [0, 0.1) is 27.7 Å². The molecule has 1 heterocycles. The predicted octanol–water partition coefficient (Wildman–Crippen LogP) is 5.47. The monoisotopic (exact) mass is 338 g/mol. The Balaban J connectivity index is 2.59. The molecule has 0 amide bonds. The highest BCUT2D eigenvalue weighted by molar-refractivity contribution is 9.09. The molecule has 1 unspecified atom stereocenters. The molecule has 0 saturated heterocycles. The number of alkyl halides is 1. The molecule has 0 N–H and O–H groups in total. The van der Waals surface area contributed by atoms with Crippen LogP contribution in [0.15, 0.2) is 17.5 Å². The van der Waals surface area contributed by atoms with E-state index in [0.29, 0.717) is 0 Å². The average Bonchev–Trinajstić information content (AvgIpc) is 2.84. The fourth-order valence-corrected chi connectivity index (χ4v) is 4.50. The van der Waals surface area contributed by atoms with Gasteiger partial charge in [0.2, 0.25) is 0 Å². The zero-order valence-corrected chi connectivity index (χ0v) is 14.4. The van der Waals surface area contributed by atoms with Crippen LogP contribution >= 0.6 is 27.3 Å². The lowest BCUT2D eigenvalue weighted by Crippen LogP contribution is -2.03. The first kappa shape index (κ1) is 14.6. The van der Waals surface area contributed by atoms with Gasteiger partial charge < -0.3 is 4.74 Å². The molecule has 0 aliphatic rings. The SMILES string of the molecule is COc1ccsc1C(Br)c1c(C)c(C)cc(C)c1C. The molecule has 1 aromatic heterocycles. The molecule has 1 nitrogen and oxygen atoms in total. The standard InChI is InChI=1S/C16H19BrOS/c1-9-8-10(2)12(4)14(11(9)3)15(17)16-13(18-5)6-7-19-16/h6-8,15H,1-5H3. The van der Waals surface area contributed by atoms with Crippen molar-refractivity contribution in [1.82, 2.24) is 0 Å². The maximum atomic E-state index is 5.45.